The number of aromatic amines is 1. The van der Waals surface area contributed by atoms with Gasteiger partial charge in [-0.3, -0.25) is 5.10 Å². The molecule has 0 amide bonds. The summed E-state index contributed by atoms with van der Waals surface area (Å²) < 4.78 is 25.3. The zero-order valence-corrected chi connectivity index (χ0v) is 14.9. The van der Waals surface area contributed by atoms with Gasteiger partial charge in [0.2, 0.25) is 0 Å². The molecule has 0 fully saturated rings. The predicted molar refractivity (Wildman–Crippen MR) is 98.1 cm³/mol. The number of fused-ring (bicyclic) bond motifs is 1. The van der Waals surface area contributed by atoms with Crippen molar-refractivity contribution in [1.82, 2.24) is 24.8 Å². The monoisotopic (exact) mass is 368 g/mol. The molecule has 0 aliphatic carbocycles. The van der Waals surface area contributed by atoms with Gasteiger partial charge in [0.15, 0.2) is 27.3 Å². The lowest BCUT2D eigenvalue weighted by Crippen LogP contribution is -2.04. The maximum Gasteiger partial charge on any atom is 0.182 e. The molecule has 0 atom stereocenters. The van der Waals surface area contributed by atoms with Crippen molar-refractivity contribution in [3.8, 4) is 11.4 Å². The molecule has 0 spiro atoms. The number of nitrogens with one attached hydrogen (secondary N) is 2. The van der Waals surface area contributed by atoms with Crippen molar-refractivity contribution in [3.05, 3.63) is 54.4 Å². The predicted octanol–water partition coefficient (Wildman–Crippen LogP) is 2.57. The normalized spacial score (nSPS) is 11.8. The minimum Gasteiger partial charge on any atom is -0.322 e. The van der Waals surface area contributed by atoms with Gasteiger partial charge in [-0.1, -0.05) is 12.1 Å². The van der Waals surface area contributed by atoms with E-state index in [9.17, 15) is 8.42 Å². The largest absolute Gasteiger partial charge is 0.322 e. The molecule has 0 saturated heterocycles. The first-order valence-electron chi connectivity index (χ1n) is 7.85. The molecule has 0 radical (unpaired) electrons. The summed E-state index contributed by atoms with van der Waals surface area (Å²) in [7, 11) is -3.31. The Bertz CT molecular complexity index is 1210. The zero-order valence-electron chi connectivity index (χ0n) is 14.1. The van der Waals surface area contributed by atoms with Gasteiger partial charge in [0.05, 0.1) is 4.90 Å². The van der Waals surface area contributed by atoms with Crippen molar-refractivity contribution < 1.29 is 8.42 Å². The molecule has 1 aromatic carbocycles. The lowest BCUT2D eigenvalue weighted by molar-refractivity contribution is 0.602. The summed E-state index contributed by atoms with van der Waals surface area (Å²) >= 11 is 0. The minimum absolute atomic E-state index is 0.226. The maximum absolute atomic E-state index is 11.8. The Kier molecular flexibility index (Phi) is 3.73. The fraction of sp³-hybridized carbons (Fsp3) is 0.118. The van der Waals surface area contributed by atoms with E-state index in [-0.39, 0.29) is 4.90 Å². The van der Waals surface area contributed by atoms with Gasteiger partial charge in [-0.25, -0.2) is 17.9 Å². The number of hydrogen-bond acceptors (Lipinski definition) is 6. The van der Waals surface area contributed by atoms with Crippen LogP contribution in [0.25, 0.3) is 16.9 Å². The van der Waals surface area contributed by atoms with E-state index in [1.807, 2.05) is 31.3 Å². The second kappa shape index (κ2) is 5.95. The van der Waals surface area contributed by atoms with Gasteiger partial charge in [-0.15, -0.1) is 5.10 Å². The molecule has 0 saturated carbocycles. The number of aromatic nitrogens is 5. The van der Waals surface area contributed by atoms with Crippen LogP contribution in [0.5, 0.6) is 0 Å². The van der Waals surface area contributed by atoms with E-state index in [4.69, 9.17) is 0 Å². The number of benzene rings is 1. The average molecular weight is 368 g/mol. The summed E-state index contributed by atoms with van der Waals surface area (Å²) in [6, 6.07) is 12.2. The van der Waals surface area contributed by atoms with Crippen LogP contribution < -0.4 is 5.32 Å². The van der Waals surface area contributed by atoms with Crippen LogP contribution in [0, 0.1) is 6.92 Å². The molecular formula is C17H16N6O2S. The van der Waals surface area contributed by atoms with E-state index in [1.54, 1.807) is 28.8 Å². The van der Waals surface area contributed by atoms with Gasteiger partial charge >= 0.3 is 0 Å². The molecule has 0 bridgehead atoms. The fourth-order valence-electron chi connectivity index (χ4n) is 2.62. The van der Waals surface area contributed by atoms with Crippen LogP contribution in [-0.2, 0) is 9.84 Å². The van der Waals surface area contributed by atoms with Crippen LogP contribution in [0.15, 0.2) is 53.6 Å². The minimum atomic E-state index is -3.31. The Hall–Kier alpha value is -3.20. The summed E-state index contributed by atoms with van der Waals surface area (Å²) in [5.41, 5.74) is 2.33. The summed E-state index contributed by atoms with van der Waals surface area (Å²) in [4.78, 5) is 4.80. The van der Waals surface area contributed by atoms with Crippen molar-refractivity contribution in [1.29, 1.82) is 0 Å². The van der Waals surface area contributed by atoms with Crippen molar-refractivity contribution in [2.24, 2.45) is 0 Å². The van der Waals surface area contributed by atoms with Gasteiger partial charge in [-0.2, -0.15) is 5.10 Å². The Balaban J connectivity index is 1.84. The topological polar surface area (TPSA) is 105 Å². The highest BCUT2D eigenvalue weighted by atomic mass is 32.2. The molecule has 0 unspecified atom stereocenters. The molecule has 0 aliphatic rings. The number of nitrogens with zero attached hydrogens (tertiary/aromatic N) is 4. The third-order valence-corrected chi connectivity index (χ3v) is 4.97. The first-order chi connectivity index (χ1) is 12.4. The Morgan fingerprint density at radius 2 is 2.00 bits per heavy atom. The number of sulfone groups is 1. The third-order valence-electron chi connectivity index (χ3n) is 3.86. The number of H-pyrrole nitrogens is 1. The van der Waals surface area contributed by atoms with Crippen molar-refractivity contribution in [2.45, 2.75) is 11.8 Å². The molecule has 26 heavy (non-hydrogen) atoms. The smallest absolute Gasteiger partial charge is 0.182 e. The van der Waals surface area contributed by atoms with E-state index < -0.39 is 9.84 Å². The van der Waals surface area contributed by atoms with E-state index in [0.717, 1.165) is 11.2 Å². The number of aryl methyl sites for hydroxylation is 1. The number of hydrogen-bond donors (Lipinski definition) is 2. The van der Waals surface area contributed by atoms with Gasteiger partial charge in [0, 0.05) is 29.8 Å². The van der Waals surface area contributed by atoms with Crippen LogP contribution in [0.2, 0.25) is 0 Å². The molecule has 2 N–H and O–H groups in total. The van der Waals surface area contributed by atoms with Crippen LogP contribution in [-0.4, -0.2) is 39.5 Å². The molecule has 4 aromatic rings. The van der Waals surface area contributed by atoms with Crippen LogP contribution in [0.1, 0.15) is 5.69 Å². The zero-order chi connectivity index (χ0) is 18.3. The fourth-order valence-corrected chi connectivity index (χ4v) is 3.28. The molecular weight excluding hydrogens is 352 g/mol. The quantitative estimate of drug-likeness (QED) is 0.574. The third kappa shape index (κ3) is 3.04. The average Bonchev–Trinajstić information content (AvgIpc) is 3.23. The molecule has 8 nitrogen and oxygen atoms in total. The van der Waals surface area contributed by atoms with Gasteiger partial charge < -0.3 is 5.32 Å². The molecule has 4 rings (SSSR count). The van der Waals surface area contributed by atoms with Crippen molar-refractivity contribution >= 4 is 27.0 Å². The summed E-state index contributed by atoms with van der Waals surface area (Å²) in [6.45, 7) is 1.91. The Morgan fingerprint density at radius 3 is 2.73 bits per heavy atom. The first-order valence-corrected chi connectivity index (χ1v) is 9.74. The highest BCUT2D eigenvalue weighted by Gasteiger charge is 2.13. The summed E-state index contributed by atoms with van der Waals surface area (Å²) in [6.07, 6.45) is 2.98. The number of rotatable bonds is 4. The van der Waals surface area contributed by atoms with E-state index in [0.29, 0.717) is 23.0 Å². The molecule has 0 aliphatic heterocycles. The second-order valence-electron chi connectivity index (χ2n) is 5.98. The Morgan fingerprint density at radius 1 is 1.15 bits per heavy atom. The van der Waals surface area contributed by atoms with Crippen molar-refractivity contribution in [3.63, 3.8) is 0 Å². The molecule has 3 heterocycles. The van der Waals surface area contributed by atoms with Gasteiger partial charge in [-0.05, 0) is 31.2 Å². The first kappa shape index (κ1) is 16.3. The standard InChI is InChI=1S/C17H16N6O2S/c1-11-9-15(21-20-11)18-17-14-7-4-8-23(14)22-16(19-17)12-5-3-6-13(10-12)26(2,24)25/h3-10H,1-2H3,(H2,18,19,20,21,22). The number of anilines is 2. The summed E-state index contributed by atoms with van der Waals surface area (Å²) in [5, 5.41) is 14.7. The highest BCUT2D eigenvalue weighted by Crippen LogP contribution is 2.24. The molecule has 3 aromatic heterocycles. The van der Waals surface area contributed by atoms with Gasteiger partial charge in [0.1, 0.15) is 5.52 Å². The van der Waals surface area contributed by atoms with Crippen molar-refractivity contribution in [2.75, 3.05) is 11.6 Å². The lowest BCUT2D eigenvalue weighted by Gasteiger charge is -2.09. The van der Waals surface area contributed by atoms with E-state index in [1.165, 1.54) is 6.26 Å². The van der Waals surface area contributed by atoms with Crippen LogP contribution in [0.4, 0.5) is 11.6 Å². The van der Waals surface area contributed by atoms with Crippen LogP contribution >= 0.6 is 0 Å². The lowest BCUT2D eigenvalue weighted by atomic mass is 10.2. The Labute approximate surface area is 149 Å². The molecule has 132 valence electrons. The maximum atomic E-state index is 11.8. The van der Waals surface area contributed by atoms with Gasteiger partial charge in [0.25, 0.3) is 0 Å². The highest BCUT2D eigenvalue weighted by molar-refractivity contribution is 7.90. The van der Waals surface area contributed by atoms with Crippen LogP contribution in [0.3, 0.4) is 0 Å². The van der Waals surface area contributed by atoms with E-state index in [2.05, 4.69) is 25.6 Å². The SMILES string of the molecule is Cc1cc(Nc2nc(-c3cccc(S(C)(=O)=O)c3)nn3cccc23)n[nH]1. The summed E-state index contributed by atoms with van der Waals surface area (Å²) in [5.74, 6) is 1.63. The van der Waals surface area contributed by atoms with E-state index >= 15 is 0 Å². The second-order valence-corrected chi connectivity index (χ2v) is 8.00. The molecule has 9 heteroatoms.